The van der Waals surface area contributed by atoms with Gasteiger partial charge in [-0.05, 0) is 74.0 Å². The lowest BCUT2D eigenvalue weighted by atomic mass is 9.80. The van der Waals surface area contributed by atoms with Crippen molar-refractivity contribution in [2.45, 2.75) is 6.92 Å². The van der Waals surface area contributed by atoms with Crippen LogP contribution in [0.4, 0.5) is 0 Å². The highest BCUT2D eigenvalue weighted by Crippen LogP contribution is 2.36. The van der Waals surface area contributed by atoms with Crippen LogP contribution >= 0.6 is 0 Å². The molecule has 0 aliphatic carbocycles. The number of methoxy groups -OCH3 is 1. The Balaban J connectivity index is 0.000000205. The number of fused-ring (bicyclic) bond motifs is 6. The van der Waals surface area contributed by atoms with Crippen LogP contribution in [-0.2, 0) is 0 Å². The summed E-state index contributed by atoms with van der Waals surface area (Å²) in [6.07, 6.45) is 0. The van der Waals surface area contributed by atoms with E-state index in [1.807, 2.05) is 0 Å². The lowest BCUT2D eigenvalue weighted by molar-refractivity contribution is 0.412. The maximum absolute atomic E-state index is 8.74. The summed E-state index contributed by atoms with van der Waals surface area (Å²) in [5.41, 5.74) is 4.28. The molecular formula is C32H27BO3. The van der Waals surface area contributed by atoms with Crippen LogP contribution in [0.1, 0.15) is 5.56 Å². The fraction of sp³-hybridized carbons (Fsp3) is 0.0625. The molecule has 0 radical (unpaired) electrons. The largest absolute Gasteiger partial charge is 0.497 e. The smallest absolute Gasteiger partial charge is 0.488 e. The van der Waals surface area contributed by atoms with Gasteiger partial charge in [-0.2, -0.15) is 0 Å². The van der Waals surface area contributed by atoms with Crippen molar-refractivity contribution in [3.63, 3.8) is 0 Å². The van der Waals surface area contributed by atoms with Crippen LogP contribution in [-0.4, -0.2) is 24.3 Å². The standard InChI is InChI=1S/C25H18.C7H9BO3/c1-17-7-6-8-18(15-17)19-13-14-24-22-11-3-2-9-20(22)21-10-4-5-12-23(21)25(24)16-19;1-11-7-4-2-3-6(5-7)8(9)10/h2-16H,1H3;2-5,9-10H,1H3. The van der Waals surface area contributed by atoms with Crippen molar-refractivity contribution in [1.29, 1.82) is 0 Å². The van der Waals surface area contributed by atoms with E-state index >= 15 is 0 Å². The molecule has 0 aliphatic rings. The van der Waals surface area contributed by atoms with E-state index in [9.17, 15) is 0 Å². The van der Waals surface area contributed by atoms with Gasteiger partial charge in [-0.25, -0.2) is 0 Å². The minimum absolute atomic E-state index is 0.435. The lowest BCUT2D eigenvalue weighted by Gasteiger charge is -2.12. The van der Waals surface area contributed by atoms with Gasteiger partial charge in [0.15, 0.2) is 0 Å². The summed E-state index contributed by atoms with van der Waals surface area (Å²) in [6.45, 7) is 2.15. The number of hydrogen-bond donors (Lipinski definition) is 2. The summed E-state index contributed by atoms with van der Waals surface area (Å²) in [4.78, 5) is 0. The molecule has 0 bridgehead atoms. The number of rotatable bonds is 3. The van der Waals surface area contributed by atoms with Crippen molar-refractivity contribution in [2.75, 3.05) is 7.11 Å². The molecule has 176 valence electrons. The second-order valence-corrected chi connectivity index (χ2v) is 8.87. The number of ether oxygens (including phenoxy) is 1. The van der Waals surface area contributed by atoms with Crippen molar-refractivity contribution < 1.29 is 14.8 Å². The van der Waals surface area contributed by atoms with Gasteiger partial charge in [-0.1, -0.05) is 103 Å². The molecule has 0 spiro atoms. The average Bonchev–Trinajstić information content (AvgIpc) is 2.93. The van der Waals surface area contributed by atoms with Crippen LogP contribution in [0.2, 0.25) is 0 Å². The third kappa shape index (κ3) is 4.69. The fourth-order valence-electron chi connectivity index (χ4n) is 4.71. The van der Waals surface area contributed by atoms with E-state index in [1.165, 1.54) is 56.1 Å². The Labute approximate surface area is 211 Å². The molecule has 0 unspecified atom stereocenters. The summed E-state index contributed by atoms with van der Waals surface area (Å²) >= 11 is 0. The third-order valence-corrected chi connectivity index (χ3v) is 6.49. The first-order chi connectivity index (χ1) is 17.5. The van der Waals surface area contributed by atoms with Gasteiger partial charge in [0.2, 0.25) is 0 Å². The molecule has 4 heteroatoms. The normalized spacial score (nSPS) is 10.8. The Hall–Kier alpha value is -4.12. The van der Waals surface area contributed by atoms with Crippen molar-refractivity contribution in [3.05, 3.63) is 121 Å². The van der Waals surface area contributed by atoms with E-state index in [0.717, 1.165) is 0 Å². The zero-order chi connectivity index (χ0) is 25.1. The SMILES string of the molecule is COc1cccc(B(O)O)c1.Cc1cccc(-c2ccc3c4ccccc4c4ccccc4c3c2)c1. The highest BCUT2D eigenvalue weighted by Gasteiger charge is 2.11. The molecule has 0 fully saturated rings. The van der Waals surface area contributed by atoms with E-state index in [0.29, 0.717) is 11.2 Å². The first kappa shape index (κ1) is 23.6. The number of aryl methyl sites for hydroxylation is 1. The van der Waals surface area contributed by atoms with Crippen molar-refractivity contribution in [2.24, 2.45) is 0 Å². The predicted octanol–water partition coefficient (Wildman–Crippen LogP) is 6.50. The fourth-order valence-corrected chi connectivity index (χ4v) is 4.71. The van der Waals surface area contributed by atoms with Gasteiger partial charge < -0.3 is 14.8 Å². The second kappa shape index (κ2) is 10.2. The summed E-state index contributed by atoms with van der Waals surface area (Å²) in [5, 5.41) is 25.4. The summed E-state index contributed by atoms with van der Waals surface area (Å²) in [5.74, 6) is 0.621. The molecule has 3 nitrogen and oxygen atoms in total. The first-order valence-electron chi connectivity index (χ1n) is 12.0. The summed E-state index contributed by atoms with van der Waals surface area (Å²) in [6, 6.07) is 39.7. The van der Waals surface area contributed by atoms with E-state index in [1.54, 1.807) is 24.3 Å². The molecule has 6 rings (SSSR count). The molecule has 0 amide bonds. The maximum Gasteiger partial charge on any atom is 0.488 e. The third-order valence-electron chi connectivity index (χ3n) is 6.49. The van der Waals surface area contributed by atoms with Crippen LogP contribution in [0, 0.1) is 6.92 Å². The minimum atomic E-state index is -1.43. The van der Waals surface area contributed by atoms with E-state index in [2.05, 4.69) is 97.9 Å². The molecule has 0 saturated heterocycles. The minimum Gasteiger partial charge on any atom is -0.497 e. The Morgan fingerprint density at radius 3 is 1.67 bits per heavy atom. The Morgan fingerprint density at radius 2 is 1.08 bits per heavy atom. The van der Waals surface area contributed by atoms with Gasteiger partial charge in [-0.3, -0.25) is 0 Å². The molecule has 6 aromatic carbocycles. The summed E-state index contributed by atoms with van der Waals surface area (Å²) in [7, 11) is 0.105. The Kier molecular flexibility index (Phi) is 6.72. The molecular weight excluding hydrogens is 443 g/mol. The van der Waals surface area contributed by atoms with Gasteiger partial charge in [-0.15, -0.1) is 0 Å². The Morgan fingerprint density at radius 1 is 0.528 bits per heavy atom. The van der Waals surface area contributed by atoms with E-state index in [4.69, 9.17) is 14.8 Å². The van der Waals surface area contributed by atoms with E-state index in [-0.39, 0.29) is 0 Å². The molecule has 0 saturated carbocycles. The topological polar surface area (TPSA) is 49.7 Å². The zero-order valence-corrected chi connectivity index (χ0v) is 20.3. The average molecular weight is 470 g/mol. The molecule has 0 atom stereocenters. The predicted molar refractivity (Wildman–Crippen MR) is 152 cm³/mol. The molecule has 0 heterocycles. The zero-order valence-electron chi connectivity index (χ0n) is 20.3. The number of benzene rings is 6. The molecule has 6 aromatic rings. The molecule has 0 aromatic heterocycles. The molecule has 2 N–H and O–H groups in total. The van der Waals surface area contributed by atoms with Crippen molar-refractivity contribution >= 4 is 44.9 Å². The second-order valence-electron chi connectivity index (χ2n) is 8.87. The van der Waals surface area contributed by atoms with Gasteiger partial charge in [0.05, 0.1) is 7.11 Å². The quantitative estimate of drug-likeness (QED) is 0.229. The lowest BCUT2D eigenvalue weighted by Crippen LogP contribution is -2.29. The Bertz CT molecular complexity index is 1640. The maximum atomic E-state index is 8.74. The van der Waals surface area contributed by atoms with Gasteiger partial charge in [0, 0.05) is 0 Å². The molecule has 0 aliphatic heterocycles. The van der Waals surface area contributed by atoms with Crippen LogP contribution in [0.15, 0.2) is 115 Å². The van der Waals surface area contributed by atoms with Crippen molar-refractivity contribution in [1.82, 2.24) is 0 Å². The van der Waals surface area contributed by atoms with Gasteiger partial charge >= 0.3 is 7.12 Å². The van der Waals surface area contributed by atoms with E-state index < -0.39 is 7.12 Å². The first-order valence-corrected chi connectivity index (χ1v) is 12.0. The molecule has 36 heavy (non-hydrogen) atoms. The van der Waals surface area contributed by atoms with Crippen LogP contribution < -0.4 is 10.2 Å². The van der Waals surface area contributed by atoms with Gasteiger partial charge in [0.1, 0.15) is 5.75 Å². The highest BCUT2D eigenvalue weighted by atomic mass is 16.5. The highest BCUT2D eigenvalue weighted by molar-refractivity contribution is 6.58. The summed E-state index contributed by atoms with van der Waals surface area (Å²) < 4.78 is 4.88. The van der Waals surface area contributed by atoms with Crippen LogP contribution in [0.25, 0.3) is 43.4 Å². The van der Waals surface area contributed by atoms with Crippen LogP contribution in [0.3, 0.4) is 0 Å². The van der Waals surface area contributed by atoms with Crippen molar-refractivity contribution in [3.8, 4) is 16.9 Å². The van der Waals surface area contributed by atoms with Gasteiger partial charge in [0.25, 0.3) is 0 Å². The van der Waals surface area contributed by atoms with Crippen LogP contribution in [0.5, 0.6) is 5.75 Å². The monoisotopic (exact) mass is 470 g/mol. The number of hydrogen-bond acceptors (Lipinski definition) is 3.